The number of carbonyl (C=O) groups is 1. The van der Waals surface area contributed by atoms with Gasteiger partial charge >= 0.3 is 0 Å². The molecule has 0 saturated carbocycles. The molecule has 0 fully saturated rings. The summed E-state index contributed by atoms with van der Waals surface area (Å²) in [5, 5.41) is 11.6. The Kier molecular flexibility index (Phi) is 5.58. The molecule has 0 unspecified atom stereocenters. The average Bonchev–Trinajstić information content (AvgIpc) is 2.78. The smallest absolute Gasteiger partial charge is 0.234 e. The summed E-state index contributed by atoms with van der Waals surface area (Å²) in [6.07, 6.45) is 1.78. The molecule has 110 valence electrons. The molecule has 0 spiro atoms. The fraction of sp³-hybridized carbons (Fsp3) is 0.214. The lowest BCUT2D eigenvalue weighted by Crippen LogP contribution is -2.14. The molecular weight excluding hydrogens is 352 g/mol. The number of anilines is 1. The van der Waals surface area contributed by atoms with Gasteiger partial charge in [0.05, 0.1) is 5.75 Å². The van der Waals surface area contributed by atoms with Gasteiger partial charge in [-0.2, -0.15) is 0 Å². The molecule has 0 aliphatic rings. The zero-order chi connectivity index (χ0) is 15.2. The van der Waals surface area contributed by atoms with Gasteiger partial charge in [-0.05, 0) is 25.1 Å². The van der Waals surface area contributed by atoms with E-state index < -0.39 is 0 Å². The number of aryl methyl sites for hydroxylation is 1. The maximum absolute atomic E-state index is 11.9. The van der Waals surface area contributed by atoms with Crippen LogP contribution in [-0.2, 0) is 11.3 Å². The van der Waals surface area contributed by atoms with Crippen LogP contribution < -0.4 is 5.32 Å². The summed E-state index contributed by atoms with van der Waals surface area (Å²) in [5.41, 5.74) is 0.763. The van der Waals surface area contributed by atoms with E-state index in [0.29, 0.717) is 6.54 Å². The van der Waals surface area contributed by atoms with Crippen molar-refractivity contribution in [1.29, 1.82) is 0 Å². The first kappa shape index (κ1) is 15.8. The van der Waals surface area contributed by atoms with Crippen molar-refractivity contribution in [3.05, 3.63) is 47.2 Å². The molecule has 0 aliphatic heterocycles. The Balaban J connectivity index is 1.94. The van der Waals surface area contributed by atoms with Crippen LogP contribution in [0.5, 0.6) is 0 Å². The van der Waals surface area contributed by atoms with E-state index in [1.165, 1.54) is 11.8 Å². The second-order valence-corrected chi connectivity index (χ2v) is 6.13. The van der Waals surface area contributed by atoms with Crippen molar-refractivity contribution >= 4 is 39.3 Å². The van der Waals surface area contributed by atoms with Crippen LogP contribution in [0.1, 0.15) is 5.82 Å². The number of rotatable bonds is 6. The number of benzene rings is 1. The number of amides is 1. The van der Waals surface area contributed by atoms with Crippen molar-refractivity contribution in [3.8, 4) is 0 Å². The van der Waals surface area contributed by atoms with Crippen molar-refractivity contribution in [2.75, 3.05) is 11.1 Å². The average molecular weight is 367 g/mol. The number of carbonyl (C=O) groups excluding carboxylic acids is 1. The van der Waals surface area contributed by atoms with Crippen LogP contribution in [0.15, 0.2) is 46.5 Å². The minimum Gasteiger partial charge on any atom is -0.325 e. The third-order valence-electron chi connectivity index (χ3n) is 2.65. The van der Waals surface area contributed by atoms with E-state index in [4.69, 9.17) is 0 Å². The fourth-order valence-electron chi connectivity index (χ4n) is 1.70. The Morgan fingerprint density at radius 1 is 1.52 bits per heavy atom. The zero-order valence-corrected chi connectivity index (χ0v) is 13.9. The van der Waals surface area contributed by atoms with Crippen LogP contribution in [-0.4, -0.2) is 26.4 Å². The van der Waals surface area contributed by atoms with E-state index in [-0.39, 0.29) is 11.7 Å². The Hall–Kier alpha value is -1.60. The van der Waals surface area contributed by atoms with Crippen LogP contribution in [0.3, 0.4) is 0 Å². The van der Waals surface area contributed by atoms with Gasteiger partial charge in [-0.3, -0.25) is 4.79 Å². The molecule has 7 heteroatoms. The number of hydrogen-bond donors (Lipinski definition) is 1. The second kappa shape index (κ2) is 7.42. The van der Waals surface area contributed by atoms with Crippen molar-refractivity contribution in [1.82, 2.24) is 14.8 Å². The largest absolute Gasteiger partial charge is 0.325 e. The molecule has 2 aromatic rings. The molecule has 5 nitrogen and oxygen atoms in total. The first-order valence-electron chi connectivity index (χ1n) is 6.29. The van der Waals surface area contributed by atoms with Crippen LogP contribution in [0.2, 0.25) is 0 Å². The molecule has 0 atom stereocenters. The van der Waals surface area contributed by atoms with Crippen LogP contribution in [0.25, 0.3) is 0 Å². The Morgan fingerprint density at radius 3 is 3.05 bits per heavy atom. The minimum atomic E-state index is -0.0797. The molecule has 1 aromatic carbocycles. The summed E-state index contributed by atoms with van der Waals surface area (Å²) in [6.45, 7) is 6.22. The van der Waals surface area contributed by atoms with Crippen LogP contribution >= 0.6 is 27.7 Å². The minimum absolute atomic E-state index is 0.0797. The van der Waals surface area contributed by atoms with Gasteiger partial charge < -0.3 is 9.88 Å². The van der Waals surface area contributed by atoms with E-state index >= 15 is 0 Å². The van der Waals surface area contributed by atoms with Gasteiger partial charge in [-0.25, -0.2) is 0 Å². The Bertz CT molecular complexity index is 656. The van der Waals surface area contributed by atoms with E-state index in [9.17, 15) is 4.79 Å². The summed E-state index contributed by atoms with van der Waals surface area (Å²) >= 11 is 4.73. The van der Waals surface area contributed by atoms with Gasteiger partial charge in [-0.1, -0.05) is 39.8 Å². The molecule has 0 radical (unpaired) electrons. The number of hydrogen-bond acceptors (Lipinski definition) is 4. The number of halogens is 1. The zero-order valence-electron chi connectivity index (χ0n) is 11.5. The Labute approximate surface area is 136 Å². The standard InChI is InChI=1S/C14H15BrN4OS/c1-3-7-19-10(2)17-18-14(19)21-9-13(20)16-12-6-4-5-11(15)8-12/h3-6,8H,1,7,9H2,2H3,(H,16,20). The van der Waals surface area contributed by atoms with Gasteiger partial charge in [0.15, 0.2) is 5.16 Å². The molecule has 0 bridgehead atoms. The van der Waals surface area contributed by atoms with E-state index in [0.717, 1.165) is 21.1 Å². The predicted octanol–water partition coefficient (Wildman–Crippen LogP) is 3.27. The van der Waals surface area contributed by atoms with Gasteiger partial charge in [0.1, 0.15) is 5.82 Å². The summed E-state index contributed by atoms with van der Waals surface area (Å²) in [5.74, 6) is 1.01. The van der Waals surface area contributed by atoms with Crippen LogP contribution in [0.4, 0.5) is 5.69 Å². The number of thioether (sulfide) groups is 1. The molecule has 1 N–H and O–H groups in total. The summed E-state index contributed by atoms with van der Waals surface area (Å²) in [6, 6.07) is 7.48. The summed E-state index contributed by atoms with van der Waals surface area (Å²) in [7, 11) is 0. The molecule has 0 saturated heterocycles. The number of aromatic nitrogens is 3. The highest BCUT2D eigenvalue weighted by Gasteiger charge is 2.11. The van der Waals surface area contributed by atoms with Gasteiger partial charge in [-0.15, -0.1) is 16.8 Å². The molecular formula is C14H15BrN4OS. The monoisotopic (exact) mass is 366 g/mol. The van der Waals surface area contributed by atoms with Crippen LogP contribution in [0, 0.1) is 6.92 Å². The van der Waals surface area contributed by atoms with Crippen molar-refractivity contribution in [3.63, 3.8) is 0 Å². The molecule has 1 amide bonds. The van der Waals surface area contributed by atoms with E-state index in [1.807, 2.05) is 35.8 Å². The second-order valence-electron chi connectivity index (χ2n) is 4.28. The molecule has 21 heavy (non-hydrogen) atoms. The summed E-state index contributed by atoms with van der Waals surface area (Å²) in [4.78, 5) is 11.9. The van der Waals surface area contributed by atoms with Crippen molar-refractivity contribution in [2.45, 2.75) is 18.6 Å². The molecule has 1 aromatic heterocycles. The Morgan fingerprint density at radius 2 is 2.33 bits per heavy atom. The highest BCUT2D eigenvalue weighted by atomic mass is 79.9. The highest BCUT2D eigenvalue weighted by Crippen LogP contribution is 2.19. The number of nitrogens with zero attached hydrogens (tertiary/aromatic N) is 3. The van der Waals surface area contributed by atoms with Gasteiger partial charge in [0.25, 0.3) is 0 Å². The summed E-state index contributed by atoms with van der Waals surface area (Å²) < 4.78 is 2.85. The molecule has 0 aliphatic carbocycles. The van der Waals surface area contributed by atoms with E-state index in [1.54, 1.807) is 6.08 Å². The lowest BCUT2D eigenvalue weighted by atomic mass is 10.3. The number of allylic oxidation sites excluding steroid dienone is 1. The maximum Gasteiger partial charge on any atom is 0.234 e. The molecule has 2 rings (SSSR count). The quantitative estimate of drug-likeness (QED) is 0.629. The third kappa shape index (κ3) is 4.44. The first-order chi connectivity index (χ1) is 10.1. The van der Waals surface area contributed by atoms with E-state index in [2.05, 4.69) is 38.0 Å². The van der Waals surface area contributed by atoms with Gasteiger partial charge in [0, 0.05) is 16.7 Å². The maximum atomic E-state index is 11.9. The lowest BCUT2D eigenvalue weighted by Gasteiger charge is -2.06. The van der Waals surface area contributed by atoms with Crippen molar-refractivity contribution < 1.29 is 4.79 Å². The topological polar surface area (TPSA) is 59.8 Å². The number of nitrogens with one attached hydrogen (secondary N) is 1. The van der Waals surface area contributed by atoms with Crippen molar-refractivity contribution in [2.24, 2.45) is 0 Å². The normalized spacial score (nSPS) is 10.4. The molecule has 1 heterocycles. The lowest BCUT2D eigenvalue weighted by molar-refractivity contribution is -0.113. The van der Waals surface area contributed by atoms with Gasteiger partial charge in [0.2, 0.25) is 5.91 Å². The predicted molar refractivity (Wildman–Crippen MR) is 88.5 cm³/mol. The fourth-order valence-corrected chi connectivity index (χ4v) is 2.89. The third-order valence-corrected chi connectivity index (χ3v) is 4.11. The SMILES string of the molecule is C=CCn1c(C)nnc1SCC(=O)Nc1cccc(Br)c1. The highest BCUT2D eigenvalue weighted by molar-refractivity contribution is 9.10. The first-order valence-corrected chi connectivity index (χ1v) is 8.07.